The summed E-state index contributed by atoms with van der Waals surface area (Å²) < 4.78 is 5.53. The third-order valence-corrected chi connectivity index (χ3v) is 2.25. The van der Waals surface area contributed by atoms with Crippen molar-refractivity contribution < 1.29 is 14.6 Å². The molecule has 0 fully saturated rings. The fourth-order valence-electron chi connectivity index (χ4n) is 1.40. The molecule has 1 aromatic carbocycles. The van der Waals surface area contributed by atoms with Gasteiger partial charge in [0.25, 0.3) is 5.91 Å². The van der Waals surface area contributed by atoms with Crippen LogP contribution in [0.4, 0.5) is 0 Å². The molecule has 4 heteroatoms. The summed E-state index contributed by atoms with van der Waals surface area (Å²) in [6, 6.07) is 7.22. The van der Waals surface area contributed by atoms with Crippen molar-refractivity contribution >= 4 is 5.91 Å². The van der Waals surface area contributed by atoms with Crippen molar-refractivity contribution in [3.05, 3.63) is 29.8 Å². The topological polar surface area (TPSA) is 58.6 Å². The molecule has 0 radical (unpaired) electrons. The first-order chi connectivity index (χ1) is 8.04. The third-order valence-electron chi connectivity index (χ3n) is 2.25. The number of carbonyl (C=O) groups excluding carboxylic acids is 1. The molecule has 1 unspecified atom stereocenters. The van der Waals surface area contributed by atoms with E-state index in [1.807, 2.05) is 26.0 Å². The van der Waals surface area contributed by atoms with E-state index in [-0.39, 0.29) is 18.6 Å². The van der Waals surface area contributed by atoms with Gasteiger partial charge in [0.1, 0.15) is 5.75 Å². The van der Waals surface area contributed by atoms with Crippen molar-refractivity contribution in [1.82, 2.24) is 5.32 Å². The maximum Gasteiger partial charge on any atom is 0.260 e. The van der Waals surface area contributed by atoms with Gasteiger partial charge in [0.05, 0.1) is 6.61 Å². The Morgan fingerprint density at radius 3 is 2.59 bits per heavy atom. The van der Waals surface area contributed by atoms with Crippen molar-refractivity contribution in [1.29, 1.82) is 0 Å². The number of aliphatic hydroxyl groups excluding tert-OH is 1. The minimum atomic E-state index is -0.579. The lowest BCUT2D eigenvalue weighted by Crippen LogP contribution is -2.40. The molecule has 0 saturated heterocycles. The molecular weight excluding hydrogens is 218 g/mol. The van der Waals surface area contributed by atoms with E-state index in [4.69, 9.17) is 9.84 Å². The number of rotatable bonds is 5. The lowest BCUT2D eigenvalue weighted by Gasteiger charge is -2.17. The van der Waals surface area contributed by atoms with E-state index in [0.717, 1.165) is 0 Å². The predicted octanol–water partition coefficient (Wildman–Crippen LogP) is 1.47. The highest BCUT2D eigenvalue weighted by Gasteiger charge is 2.16. The van der Waals surface area contributed by atoms with Crippen LogP contribution < -0.4 is 10.1 Å². The Bertz CT molecular complexity index is 377. The summed E-state index contributed by atoms with van der Waals surface area (Å²) >= 11 is 0. The molecule has 0 spiro atoms. The van der Waals surface area contributed by atoms with Crippen LogP contribution in [0.25, 0.3) is 0 Å². The van der Waals surface area contributed by atoms with Crippen molar-refractivity contribution in [3.63, 3.8) is 0 Å². The Hall–Kier alpha value is -1.55. The van der Waals surface area contributed by atoms with Gasteiger partial charge < -0.3 is 15.2 Å². The molecular formula is C13H19NO3. The van der Waals surface area contributed by atoms with Crippen LogP contribution in [-0.2, 0) is 11.4 Å². The van der Waals surface area contributed by atoms with E-state index < -0.39 is 6.10 Å². The van der Waals surface area contributed by atoms with Gasteiger partial charge in [-0.15, -0.1) is 0 Å². The second-order valence-corrected chi connectivity index (χ2v) is 4.19. The molecule has 1 amide bonds. The number of hydrogen-bond donors (Lipinski definition) is 2. The Morgan fingerprint density at radius 1 is 1.35 bits per heavy atom. The minimum absolute atomic E-state index is 0.0848. The number of amides is 1. The minimum Gasteiger partial charge on any atom is -0.481 e. The van der Waals surface area contributed by atoms with Crippen LogP contribution in [0.15, 0.2) is 24.3 Å². The molecule has 0 bridgehead atoms. The number of aliphatic hydroxyl groups is 1. The number of benzene rings is 1. The summed E-state index contributed by atoms with van der Waals surface area (Å²) in [6.45, 7) is 5.37. The molecule has 0 saturated carbocycles. The molecule has 1 aromatic rings. The smallest absolute Gasteiger partial charge is 0.260 e. The Balaban J connectivity index is 2.67. The second-order valence-electron chi connectivity index (χ2n) is 4.19. The molecule has 1 rings (SSSR count). The third kappa shape index (κ3) is 4.07. The lowest BCUT2D eigenvalue weighted by atomic mass is 10.2. The van der Waals surface area contributed by atoms with Crippen molar-refractivity contribution in [2.75, 3.05) is 0 Å². The molecule has 0 heterocycles. The highest BCUT2D eigenvalue weighted by atomic mass is 16.5. The van der Waals surface area contributed by atoms with Crippen LogP contribution in [-0.4, -0.2) is 23.2 Å². The SMILES string of the molecule is CC(C)NC(=O)C(C)Oc1ccccc1CO. The van der Waals surface area contributed by atoms with Gasteiger partial charge in [-0.1, -0.05) is 18.2 Å². The molecule has 0 aliphatic heterocycles. The molecule has 2 N–H and O–H groups in total. The van der Waals surface area contributed by atoms with Crippen molar-refractivity contribution in [2.24, 2.45) is 0 Å². The first kappa shape index (κ1) is 13.5. The average Bonchev–Trinajstić information content (AvgIpc) is 2.28. The summed E-state index contributed by atoms with van der Waals surface area (Å²) in [7, 11) is 0. The Kier molecular flexibility index (Phi) is 4.97. The van der Waals surface area contributed by atoms with Gasteiger partial charge in [-0.05, 0) is 26.8 Å². The van der Waals surface area contributed by atoms with Gasteiger partial charge in [0.2, 0.25) is 0 Å². The number of nitrogens with one attached hydrogen (secondary N) is 1. The van der Waals surface area contributed by atoms with Gasteiger partial charge in [-0.2, -0.15) is 0 Å². The zero-order valence-electron chi connectivity index (χ0n) is 10.4. The van der Waals surface area contributed by atoms with Crippen LogP contribution in [0, 0.1) is 0 Å². The number of para-hydroxylation sites is 1. The van der Waals surface area contributed by atoms with Crippen molar-refractivity contribution in [3.8, 4) is 5.75 Å². The summed E-state index contributed by atoms with van der Waals surface area (Å²) in [5, 5.41) is 11.9. The van der Waals surface area contributed by atoms with E-state index in [0.29, 0.717) is 11.3 Å². The van der Waals surface area contributed by atoms with Gasteiger partial charge in [0, 0.05) is 11.6 Å². The van der Waals surface area contributed by atoms with Gasteiger partial charge in [0.15, 0.2) is 6.10 Å². The fourth-order valence-corrected chi connectivity index (χ4v) is 1.40. The molecule has 94 valence electrons. The summed E-state index contributed by atoms with van der Waals surface area (Å²) in [6.07, 6.45) is -0.579. The Morgan fingerprint density at radius 2 is 2.00 bits per heavy atom. The molecule has 17 heavy (non-hydrogen) atoms. The maximum atomic E-state index is 11.7. The average molecular weight is 237 g/mol. The van der Waals surface area contributed by atoms with E-state index >= 15 is 0 Å². The van der Waals surface area contributed by atoms with E-state index in [1.54, 1.807) is 19.1 Å². The van der Waals surface area contributed by atoms with E-state index in [2.05, 4.69) is 5.32 Å². The van der Waals surface area contributed by atoms with Crippen LogP contribution in [0.2, 0.25) is 0 Å². The first-order valence-electron chi connectivity index (χ1n) is 5.70. The standard InChI is InChI=1S/C13H19NO3/c1-9(2)14-13(16)10(3)17-12-7-5-4-6-11(12)8-15/h4-7,9-10,15H,8H2,1-3H3,(H,14,16). The quantitative estimate of drug-likeness (QED) is 0.815. The highest BCUT2D eigenvalue weighted by molar-refractivity contribution is 5.80. The summed E-state index contributed by atoms with van der Waals surface area (Å²) in [4.78, 5) is 11.7. The highest BCUT2D eigenvalue weighted by Crippen LogP contribution is 2.19. The predicted molar refractivity (Wildman–Crippen MR) is 65.7 cm³/mol. The largest absolute Gasteiger partial charge is 0.481 e. The summed E-state index contributed by atoms with van der Waals surface area (Å²) in [5.41, 5.74) is 0.677. The molecule has 1 atom stereocenters. The van der Waals surface area contributed by atoms with Crippen LogP contribution in [0.5, 0.6) is 5.75 Å². The van der Waals surface area contributed by atoms with E-state index in [1.165, 1.54) is 0 Å². The Labute approximate surface area is 102 Å². The number of hydrogen-bond acceptors (Lipinski definition) is 3. The maximum absolute atomic E-state index is 11.7. The normalized spacial score (nSPS) is 12.3. The second kappa shape index (κ2) is 6.25. The van der Waals surface area contributed by atoms with Crippen LogP contribution >= 0.6 is 0 Å². The molecule has 0 aliphatic rings. The first-order valence-corrected chi connectivity index (χ1v) is 5.70. The van der Waals surface area contributed by atoms with E-state index in [9.17, 15) is 4.79 Å². The number of ether oxygens (including phenoxy) is 1. The zero-order chi connectivity index (χ0) is 12.8. The van der Waals surface area contributed by atoms with Gasteiger partial charge >= 0.3 is 0 Å². The zero-order valence-corrected chi connectivity index (χ0v) is 10.4. The molecule has 4 nitrogen and oxygen atoms in total. The lowest BCUT2D eigenvalue weighted by molar-refractivity contribution is -0.127. The van der Waals surface area contributed by atoms with Crippen molar-refractivity contribution in [2.45, 2.75) is 39.5 Å². The van der Waals surface area contributed by atoms with Gasteiger partial charge in [-0.25, -0.2) is 0 Å². The monoisotopic (exact) mass is 237 g/mol. The van der Waals surface area contributed by atoms with Gasteiger partial charge in [-0.3, -0.25) is 4.79 Å². The number of carbonyl (C=O) groups is 1. The van der Waals surface area contributed by atoms with Crippen LogP contribution in [0.1, 0.15) is 26.3 Å². The fraction of sp³-hybridized carbons (Fsp3) is 0.462. The van der Waals surface area contributed by atoms with Crippen LogP contribution in [0.3, 0.4) is 0 Å². The summed E-state index contributed by atoms with van der Waals surface area (Å²) in [5.74, 6) is 0.383. The molecule has 0 aromatic heterocycles. The molecule has 0 aliphatic carbocycles.